The van der Waals surface area contributed by atoms with Gasteiger partial charge in [0.15, 0.2) is 0 Å². The molecule has 2 aromatic rings. The third kappa shape index (κ3) is 2.01. The minimum atomic E-state index is -0.886. The summed E-state index contributed by atoms with van der Waals surface area (Å²) < 4.78 is 2.17. The summed E-state index contributed by atoms with van der Waals surface area (Å²) in [7, 11) is 0. The molecule has 1 fully saturated rings. The maximum absolute atomic E-state index is 11.1. The quantitative estimate of drug-likeness (QED) is 0.898. The third-order valence-electron chi connectivity index (χ3n) is 4.31. The van der Waals surface area contributed by atoms with Crippen LogP contribution in [0.25, 0.3) is 11.0 Å². The smallest absolute Gasteiger partial charge is 0.335 e. The molecule has 0 amide bonds. The van der Waals surface area contributed by atoms with Crippen LogP contribution in [0.5, 0.6) is 0 Å². The normalized spacial score (nSPS) is 18.6. The van der Waals surface area contributed by atoms with E-state index in [0.29, 0.717) is 5.56 Å². The summed E-state index contributed by atoms with van der Waals surface area (Å²) in [5.74, 6) is -0.886. The van der Waals surface area contributed by atoms with Crippen LogP contribution in [0.3, 0.4) is 0 Å². The molecule has 3 rings (SSSR count). The van der Waals surface area contributed by atoms with Crippen LogP contribution in [0.4, 0.5) is 0 Å². The highest BCUT2D eigenvalue weighted by molar-refractivity contribution is 5.92. The van der Waals surface area contributed by atoms with E-state index in [2.05, 4.69) is 16.5 Å². The van der Waals surface area contributed by atoms with Crippen molar-refractivity contribution in [2.45, 2.75) is 44.6 Å². The number of carbonyl (C=O) groups is 1. The van der Waals surface area contributed by atoms with E-state index in [9.17, 15) is 4.79 Å². The van der Waals surface area contributed by atoms with Crippen molar-refractivity contribution in [2.24, 2.45) is 0 Å². The van der Waals surface area contributed by atoms with Gasteiger partial charge in [-0.1, -0.05) is 19.3 Å². The lowest BCUT2D eigenvalue weighted by Crippen LogP contribution is -2.31. The maximum Gasteiger partial charge on any atom is 0.335 e. The molecule has 1 aliphatic rings. The van der Waals surface area contributed by atoms with E-state index in [0.717, 1.165) is 23.9 Å². The van der Waals surface area contributed by atoms with E-state index in [1.165, 1.54) is 19.3 Å². The summed E-state index contributed by atoms with van der Waals surface area (Å²) in [6.45, 7) is 2.25. The summed E-state index contributed by atoms with van der Waals surface area (Å²) in [5.41, 5.74) is 2.21. The van der Waals surface area contributed by atoms with E-state index >= 15 is 0 Å². The van der Waals surface area contributed by atoms with Gasteiger partial charge in [-0.25, -0.2) is 9.78 Å². The Morgan fingerprint density at radius 2 is 2.05 bits per heavy atom. The van der Waals surface area contributed by atoms with Gasteiger partial charge in [0.05, 0.1) is 22.9 Å². The Morgan fingerprint density at radius 3 is 2.74 bits per heavy atom. The molecule has 1 heterocycles. The molecule has 19 heavy (non-hydrogen) atoms. The highest BCUT2D eigenvalue weighted by Crippen LogP contribution is 2.36. The largest absolute Gasteiger partial charge is 0.478 e. The number of fused-ring (bicyclic) bond motifs is 1. The first-order chi connectivity index (χ1) is 9.10. The van der Waals surface area contributed by atoms with Crippen molar-refractivity contribution in [3.8, 4) is 0 Å². The molecule has 0 spiro atoms. The minimum Gasteiger partial charge on any atom is -0.478 e. The van der Waals surface area contributed by atoms with Gasteiger partial charge in [0.2, 0.25) is 0 Å². The number of benzene rings is 1. The molecule has 1 aromatic heterocycles. The number of rotatable bonds is 2. The van der Waals surface area contributed by atoms with E-state index in [-0.39, 0.29) is 5.54 Å². The van der Waals surface area contributed by atoms with E-state index < -0.39 is 5.97 Å². The van der Waals surface area contributed by atoms with Gasteiger partial charge < -0.3 is 9.67 Å². The zero-order valence-corrected chi connectivity index (χ0v) is 11.1. The lowest BCUT2D eigenvalue weighted by molar-refractivity contribution is 0.0697. The average Bonchev–Trinajstić information content (AvgIpc) is 2.83. The molecule has 0 unspecified atom stereocenters. The van der Waals surface area contributed by atoms with Gasteiger partial charge in [0.1, 0.15) is 0 Å². The highest BCUT2D eigenvalue weighted by atomic mass is 16.4. The van der Waals surface area contributed by atoms with Gasteiger partial charge in [-0.2, -0.15) is 0 Å². The van der Waals surface area contributed by atoms with Gasteiger partial charge in [-0.05, 0) is 38.0 Å². The van der Waals surface area contributed by atoms with Crippen LogP contribution in [0.15, 0.2) is 24.5 Å². The third-order valence-corrected chi connectivity index (χ3v) is 4.31. The molecule has 0 atom stereocenters. The van der Waals surface area contributed by atoms with Crippen molar-refractivity contribution in [1.82, 2.24) is 9.55 Å². The number of hydrogen-bond acceptors (Lipinski definition) is 2. The molecule has 100 valence electrons. The molecule has 4 heteroatoms. The second-order valence-electron chi connectivity index (χ2n) is 5.68. The molecule has 1 aliphatic carbocycles. The summed E-state index contributed by atoms with van der Waals surface area (Å²) in [5, 5.41) is 9.12. The zero-order chi connectivity index (χ0) is 13.5. The monoisotopic (exact) mass is 258 g/mol. The Labute approximate surface area is 112 Å². The van der Waals surface area contributed by atoms with Crippen molar-refractivity contribution in [1.29, 1.82) is 0 Å². The van der Waals surface area contributed by atoms with Gasteiger partial charge in [-0.3, -0.25) is 0 Å². The van der Waals surface area contributed by atoms with E-state index in [1.807, 2.05) is 6.33 Å². The molecule has 0 saturated heterocycles. The first-order valence-corrected chi connectivity index (χ1v) is 6.81. The van der Waals surface area contributed by atoms with Gasteiger partial charge in [0.25, 0.3) is 0 Å². The van der Waals surface area contributed by atoms with Crippen molar-refractivity contribution in [2.75, 3.05) is 0 Å². The molecule has 4 nitrogen and oxygen atoms in total. The second-order valence-corrected chi connectivity index (χ2v) is 5.68. The lowest BCUT2D eigenvalue weighted by atomic mass is 9.83. The van der Waals surface area contributed by atoms with Crippen LogP contribution in [0.1, 0.15) is 49.4 Å². The maximum atomic E-state index is 11.1. The molecule has 0 radical (unpaired) electrons. The van der Waals surface area contributed by atoms with Crippen molar-refractivity contribution < 1.29 is 9.90 Å². The van der Waals surface area contributed by atoms with E-state index in [1.54, 1.807) is 18.2 Å². The molecule has 1 saturated carbocycles. The number of imidazole rings is 1. The summed E-state index contributed by atoms with van der Waals surface area (Å²) >= 11 is 0. The Hall–Kier alpha value is -1.84. The molecular formula is C15H18N2O2. The summed E-state index contributed by atoms with van der Waals surface area (Å²) in [4.78, 5) is 15.5. The van der Waals surface area contributed by atoms with Gasteiger partial charge in [-0.15, -0.1) is 0 Å². The highest BCUT2D eigenvalue weighted by Gasteiger charge is 2.29. The molecule has 0 aliphatic heterocycles. The topological polar surface area (TPSA) is 55.1 Å². The first kappa shape index (κ1) is 12.2. The fourth-order valence-electron chi connectivity index (χ4n) is 3.13. The molecule has 1 N–H and O–H groups in total. The van der Waals surface area contributed by atoms with Crippen molar-refractivity contribution in [3.63, 3.8) is 0 Å². The predicted molar refractivity (Wildman–Crippen MR) is 73.4 cm³/mol. The molecule has 0 bridgehead atoms. The number of carboxylic acid groups (broad SMARTS) is 1. The standard InChI is InChI=1S/C15H18N2O2/c1-15(7-3-2-4-8-15)17-10-16-12-6-5-11(14(18)19)9-13(12)17/h5-6,9-10H,2-4,7-8H2,1H3,(H,18,19). The Bertz CT molecular complexity index is 624. The number of nitrogens with zero attached hydrogens (tertiary/aromatic N) is 2. The summed E-state index contributed by atoms with van der Waals surface area (Å²) in [6, 6.07) is 5.15. The average molecular weight is 258 g/mol. The van der Waals surface area contributed by atoms with Crippen LogP contribution in [0, 0.1) is 0 Å². The van der Waals surface area contributed by atoms with Crippen LogP contribution in [-0.2, 0) is 5.54 Å². The van der Waals surface area contributed by atoms with E-state index in [4.69, 9.17) is 5.11 Å². The molecule has 1 aromatic carbocycles. The fraction of sp³-hybridized carbons (Fsp3) is 0.467. The van der Waals surface area contributed by atoms with Crippen molar-refractivity contribution >= 4 is 17.0 Å². The number of carboxylic acids is 1. The fourth-order valence-corrected chi connectivity index (χ4v) is 3.13. The lowest BCUT2D eigenvalue weighted by Gasteiger charge is -2.35. The van der Waals surface area contributed by atoms with Crippen LogP contribution >= 0.6 is 0 Å². The minimum absolute atomic E-state index is 0.0735. The SMILES string of the molecule is CC1(n2cnc3ccc(C(=O)O)cc32)CCCCC1. The van der Waals surface area contributed by atoms with Crippen LogP contribution < -0.4 is 0 Å². The Kier molecular flexibility index (Phi) is 2.81. The summed E-state index contributed by atoms with van der Waals surface area (Å²) in [6.07, 6.45) is 7.89. The van der Waals surface area contributed by atoms with Crippen LogP contribution in [-0.4, -0.2) is 20.6 Å². The number of aromatic nitrogens is 2. The van der Waals surface area contributed by atoms with Crippen LogP contribution in [0.2, 0.25) is 0 Å². The second kappa shape index (κ2) is 4.37. The predicted octanol–water partition coefficient (Wildman–Crippen LogP) is 3.41. The Morgan fingerprint density at radius 1 is 1.32 bits per heavy atom. The Balaban J connectivity index is 2.12. The number of aromatic carboxylic acids is 1. The van der Waals surface area contributed by atoms with Gasteiger partial charge in [0, 0.05) is 5.54 Å². The van der Waals surface area contributed by atoms with Crippen molar-refractivity contribution in [3.05, 3.63) is 30.1 Å². The zero-order valence-electron chi connectivity index (χ0n) is 11.1. The number of hydrogen-bond donors (Lipinski definition) is 1. The molecular weight excluding hydrogens is 240 g/mol. The first-order valence-electron chi connectivity index (χ1n) is 6.81. The van der Waals surface area contributed by atoms with Gasteiger partial charge >= 0.3 is 5.97 Å².